The number of hydrogen-bond donors (Lipinski definition) is 1. The van der Waals surface area contributed by atoms with Crippen LogP contribution in [0.2, 0.25) is 0 Å². The first kappa shape index (κ1) is 10.4. The van der Waals surface area contributed by atoms with Crippen molar-refractivity contribution in [3.63, 3.8) is 0 Å². The lowest BCUT2D eigenvalue weighted by Crippen LogP contribution is -2.21. The molecule has 17 heavy (non-hydrogen) atoms. The molecular weight excluding hydrogens is 208 g/mol. The van der Waals surface area contributed by atoms with Crippen LogP contribution in [0.15, 0.2) is 48.5 Å². The van der Waals surface area contributed by atoms with Crippen LogP contribution in [0.5, 0.6) is 0 Å². The molecule has 0 spiro atoms. The van der Waals surface area contributed by atoms with Gasteiger partial charge in [0.2, 0.25) is 0 Å². The second-order valence-corrected chi connectivity index (χ2v) is 4.62. The second-order valence-electron chi connectivity index (χ2n) is 4.62. The van der Waals surface area contributed by atoms with Gasteiger partial charge >= 0.3 is 0 Å². The zero-order valence-corrected chi connectivity index (χ0v) is 9.93. The van der Waals surface area contributed by atoms with Crippen LogP contribution in [0.4, 0.5) is 0 Å². The Balaban J connectivity index is 2.41. The molecule has 2 N–H and O–H groups in total. The number of benzene rings is 2. The van der Waals surface area contributed by atoms with Gasteiger partial charge in [-0.3, -0.25) is 0 Å². The fourth-order valence-electron chi connectivity index (χ4n) is 2.49. The molecule has 0 saturated heterocycles. The standard InChI is InChI=1S/C15H16N2/c1-11(16)10-17-14-8-4-2-6-12(14)13-7-3-5-9-15(13)17/h2-9,11H,10,16H2,1H3. The molecule has 0 fully saturated rings. The largest absolute Gasteiger partial charge is 0.339 e. The van der Waals surface area contributed by atoms with E-state index in [1.54, 1.807) is 0 Å². The van der Waals surface area contributed by atoms with Gasteiger partial charge in [-0.2, -0.15) is 0 Å². The van der Waals surface area contributed by atoms with E-state index in [4.69, 9.17) is 5.73 Å². The number of nitrogens with two attached hydrogens (primary N) is 1. The molecule has 1 unspecified atom stereocenters. The van der Waals surface area contributed by atoms with Gasteiger partial charge in [0.05, 0.1) is 0 Å². The van der Waals surface area contributed by atoms with Crippen molar-refractivity contribution >= 4 is 21.8 Å². The van der Waals surface area contributed by atoms with Crippen molar-refractivity contribution in [3.05, 3.63) is 48.5 Å². The Morgan fingerprint density at radius 1 is 0.941 bits per heavy atom. The Hall–Kier alpha value is -1.80. The van der Waals surface area contributed by atoms with E-state index >= 15 is 0 Å². The minimum absolute atomic E-state index is 0.161. The number of fused-ring (bicyclic) bond motifs is 3. The van der Waals surface area contributed by atoms with Crippen molar-refractivity contribution < 1.29 is 0 Å². The molecule has 0 aliphatic carbocycles. The van der Waals surface area contributed by atoms with Gasteiger partial charge in [0.1, 0.15) is 0 Å². The minimum atomic E-state index is 0.161. The summed E-state index contributed by atoms with van der Waals surface area (Å²) in [5.74, 6) is 0. The van der Waals surface area contributed by atoms with Gasteiger partial charge in [-0.1, -0.05) is 36.4 Å². The molecule has 2 aromatic carbocycles. The van der Waals surface area contributed by atoms with E-state index in [1.807, 2.05) is 6.92 Å². The molecule has 1 aromatic heterocycles. The first-order chi connectivity index (χ1) is 8.27. The Bertz CT molecular complexity index is 612. The fourth-order valence-corrected chi connectivity index (χ4v) is 2.49. The van der Waals surface area contributed by atoms with Crippen LogP contribution >= 0.6 is 0 Å². The lowest BCUT2D eigenvalue weighted by molar-refractivity contribution is 0.618. The van der Waals surface area contributed by atoms with Crippen LogP contribution in [-0.4, -0.2) is 10.6 Å². The molecule has 1 atom stereocenters. The zero-order valence-electron chi connectivity index (χ0n) is 9.93. The summed E-state index contributed by atoms with van der Waals surface area (Å²) in [4.78, 5) is 0. The van der Waals surface area contributed by atoms with Gasteiger partial charge in [0, 0.05) is 34.4 Å². The Morgan fingerprint density at radius 3 is 1.88 bits per heavy atom. The smallest absolute Gasteiger partial charge is 0.0491 e. The van der Waals surface area contributed by atoms with Gasteiger partial charge in [-0.05, 0) is 19.1 Å². The Morgan fingerprint density at radius 2 is 1.41 bits per heavy atom. The maximum atomic E-state index is 5.94. The molecule has 86 valence electrons. The zero-order chi connectivity index (χ0) is 11.8. The first-order valence-electron chi connectivity index (χ1n) is 5.99. The summed E-state index contributed by atoms with van der Waals surface area (Å²) in [5.41, 5.74) is 8.48. The van der Waals surface area contributed by atoms with Crippen molar-refractivity contribution in [3.8, 4) is 0 Å². The minimum Gasteiger partial charge on any atom is -0.339 e. The summed E-state index contributed by atoms with van der Waals surface area (Å²) < 4.78 is 2.31. The summed E-state index contributed by atoms with van der Waals surface area (Å²) in [6.45, 7) is 2.90. The Kier molecular flexibility index (Phi) is 2.37. The number of aromatic nitrogens is 1. The highest BCUT2D eigenvalue weighted by molar-refractivity contribution is 6.07. The summed E-state index contributed by atoms with van der Waals surface area (Å²) in [5, 5.41) is 2.62. The summed E-state index contributed by atoms with van der Waals surface area (Å²) in [6, 6.07) is 17.2. The monoisotopic (exact) mass is 224 g/mol. The second kappa shape index (κ2) is 3.90. The Labute approximate surface area is 101 Å². The quantitative estimate of drug-likeness (QED) is 0.712. The SMILES string of the molecule is CC(N)Cn1c2ccccc2c2ccccc21. The molecule has 0 amide bonds. The summed E-state index contributed by atoms with van der Waals surface area (Å²) in [6.07, 6.45) is 0. The highest BCUT2D eigenvalue weighted by atomic mass is 15.0. The van der Waals surface area contributed by atoms with E-state index in [-0.39, 0.29) is 6.04 Å². The van der Waals surface area contributed by atoms with E-state index in [0.29, 0.717) is 0 Å². The molecule has 3 aromatic rings. The molecule has 2 nitrogen and oxygen atoms in total. The molecule has 0 aliphatic rings. The van der Waals surface area contributed by atoms with E-state index in [9.17, 15) is 0 Å². The van der Waals surface area contributed by atoms with Crippen LogP contribution in [-0.2, 0) is 6.54 Å². The van der Waals surface area contributed by atoms with Gasteiger partial charge < -0.3 is 10.3 Å². The predicted molar refractivity (Wildman–Crippen MR) is 73.1 cm³/mol. The number of para-hydroxylation sites is 2. The first-order valence-corrected chi connectivity index (χ1v) is 5.99. The predicted octanol–water partition coefficient (Wildman–Crippen LogP) is 3.14. The lowest BCUT2D eigenvalue weighted by Gasteiger charge is -2.09. The fraction of sp³-hybridized carbons (Fsp3) is 0.200. The van der Waals surface area contributed by atoms with Crippen LogP contribution in [0.3, 0.4) is 0 Å². The topological polar surface area (TPSA) is 30.9 Å². The summed E-state index contributed by atoms with van der Waals surface area (Å²) in [7, 11) is 0. The lowest BCUT2D eigenvalue weighted by atomic mass is 10.2. The van der Waals surface area contributed by atoms with Gasteiger partial charge in [-0.25, -0.2) is 0 Å². The van der Waals surface area contributed by atoms with E-state index in [2.05, 4.69) is 53.1 Å². The van der Waals surface area contributed by atoms with Crippen molar-refractivity contribution in [1.82, 2.24) is 4.57 Å². The maximum Gasteiger partial charge on any atom is 0.0491 e. The molecule has 0 aliphatic heterocycles. The third kappa shape index (κ3) is 1.61. The number of hydrogen-bond acceptors (Lipinski definition) is 1. The van der Waals surface area contributed by atoms with Crippen molar-refractivity contribution in [2.24, 2.45) is 5.73 Å². The molecular formula is C15H16N2. The maximum absolute atomic E-state index is 5.94. The number of rotatable bonds is 2. The average molecular weight is 224 g/mol. The van der Waals surface area contributed by atoms with Gasteiger partial charge in [-0.15, -0.1) is 0 Å². The average Bonchev–Trinajstić information content (AvgIpc) is 2.65. The molecule has 2 heteroatoms. The molecule has 0 radical (unpaired) electrons. The van der Waals surface area contributed by atoms with E-state index in [1.165, 1.54) is 21.8 Å². The molecule has 0 saturated carbocycles. The van der Waals surface area contributed by atoms with Gasteiger partial charge in [0.25, 0.3) is 0 Å². The normalized spacial score (nSPS) is 13.3. The van der Waals surface area contributed by atoms with Crippen LogP contribution in [0.25, 0.3) is 21.8 Å². The van der Waals surface area contributed by atoms with E-state index in [0.717, 1.165) is 6.54 Å². The highest BCUT2D eigenvalue weighted by Crippen LogP contribution is 2.28. The van der Waals surface area contributed by atoms with Crippen molar-refractivity contribution in [1.29, 1.82) is 0 Å². The van der Waals surface area contributed by atoms with Crippen LogP contribution < -0.4 is 5.73 Å². The number of nitrogens with zero attached hydrogens (tertiary/aromatic N) is 1. The third-order valence-electron chi connectivity index (χ3n) is 3.15. The molecule has 0 bridgehead atoms. The van der Waals surface area contributed by atoms with Gasteiger partial charge in [0.15, 0.2) is 0 Å². The van der Waals surface area contributed by atoms with Crippen molar-refractivity contribution in [2.75, 3.05) is 0 Å². The van der Waals surface area contributed by atoms with Crippen molar-refractivity contribution in [2.45, 2.75) is 19.5 Å². The molecule has 1 heterocycles. The third-order valence-corrected chi connectivity index (χ3v) is 3.15. The summed E-state index contributed by atoms with van der Waals surface area (Å²) >= 11 is 0. The van der Waals surface area contributed by atoms with Crippen LogP contribution in [0.1, 0.15) is 6.92 Å². The molecule has 3 rings (SSSR count). The highest BCUT2D eigenvalue weighted by Gasteiger charge is 2.09. The van der Waals surface area contributed by atoms with Crippen LogP contribution in [0, 0.1) is 0 Å². The van der Waals surface area contributed by atoms with E-state index < -0.39 is 0 Å².